The highest BCUT2D eigenvalue weighted by Crippen LogP contribution is 2.32. The zero-order valence-corrected chi connectivity index (χ0v) is 14.5. The molecule has 1 N–H and O–H groups in total. The van der Waals surface area contributed by atoms with Crippen LogP contribution in [0.4, 0.5) is 5.69 Å². The van der Waals surface area contributed by atoms with Crippen LogP contribution in [0.25, 0.3) is 0 Å². The number of amides is 1. The molecular weight excluding hydrogens is 328 g/mol. The van der Waals surface area contributed by atoms with E-state index in [-0.39, 0.29) is 18.9 Å². The molecule has 0 unspecified atom stereocenters. The van der Waals surface area contributed by atoms with E-state index in [2.05, 4.69) is 5.32 Å². The number of carbonyl (C=O) groups excluding carboxylic acids is 1. The number of rotatable bonds is 8. The van der Waals surface area contributed by atoms with Crippen molar-refractivity contribution in [3.63, 3.8) is 0 Å². The fourth-order valence-electron chi connectivity index (χ4n) is 1.88. The van der Waals surface area contributed by atoms with Crippen molar-refractivity contribution >= 4 is 33.2 Å². The van der Waals surface area contributed by atoms with Gasteiger partial charge in [0.2, 0.25) is 15.9 Å². The second-order valence-corrected chi connectivity index (χ2v) is 7.09. The smallest absolute Gasteiger partial charge is 0.232 e. The number of sulfonamides is 1. The van der Waals surface area contributed by atoms with E-state index in [4.69, 9.17) is 16.3 Å². The highest BCUT2D eigenvalue weighted by Gasteiger charge is 2.22. The lowest BCUT2D eigenvalue weighted by molar-refractivity contribution is -0.120. The molecule has 0 atom stereocenters. The summed E-state index contributed by atoms with van der Waals surface area (Å²) in [5.41, 5.74) is 0.320. The highest BCUT2D eigenvalue weighted by molar-refractivity contribution is 7.92. The number of nitrogens with one attached hydrogen (secondary N) is 1. The monoisotopic (exact) mass is 348 g/mol. The van der Waals surface area contributed by atoms with E-state index in [0.717, 1.165) is 17.0 Å². The van der Waals surface area contributed by atoms with Crippen molar-refractivity contribution in [3.05, 3.63) is 23.2 Å². The minimum atomic E-state index is -3.57. The predicted octanol–water partition coefficient (Wildman–Crippen LogP) is 2.03. The molecular formula is C14H21ClN2O4S. The van der Waals surface area contributed by atoms with E-state index >= 15 is 0 Å². The van der Waals surface area contributed by atoms with Crippen molar-refractivity contribution in [1.29, 1.82) is 0 Å². The Labute approximate surface area is 136 Å². The second kappa shape index (κ2) is 8.24. The van der Waals surface area contributed by atoms with Crippen LogP contribution < -0.4 is 14.4 Å². The Morgan fingerprint density at radius 1 is 1.41 bits per heavy atom. The number of methoxy groups -OCH3 is 1. The number of anilines is 1. The summed E-state index contributed by atoms with van der Waals surface area (Å²) in [6.45, 7) is 2.53. The Bertz CT molecular complexity index is 619. The van der Waals surface area contributed by atoms with Crippen molar-refractivity contribution in [3.8, 4) is 5.75 Å². The van der Waals surface area contributed by atoms with Gasteiger partial charge < -0.3 is 10.1 Å². The first-order chi connectivity index (χ1) is 10.3. The molecule has 1 rings (SSSR count). The molecule has 0 aliphatic heterocycles. The third-order valence-corrected chi connectivity index (χ3v) is 4.34. The normalized spacial score (nSPS) is 11.1. The molecule has 1 aromatic carbocycles. The van der Waals surface area contributed by atoms with Gasteiger partial charge in [-0.2, -0.15) is 0 Å². The quantitative estimate of drug-likeness (QED) is 0.780. The summed E-state index contributed by atoms with van der Waals surface area (Å²) < 4.78 is 30.4. The number of hydrogen-bond donors (Lipinski definition) is 1. The van der Waals surface area contributed by atoms with Gasteiger partial charge in [0.15, 0.2) is 0 Å². The van der Waals surface area contributed by atoms with Crippen molar-refractivity contribution in [2.45, 2.75) is 19.8 Å². The molecule has 6 nitrogen and oxygen atoms in total. The second-order valence-electron chi connectivity index (χ2n) is 4.75. The number of carbonyl (C=O) groups is 1. The molecule has 0 aliphatic rings. The molecule has 0 aromatic heterocycles. The summed E-state index contributed by atoms with van der Waals surface area (Å²) in [5.74, 6) is 0.181. The molecule has 0 aliphatic carbocycles. The van der Waals surface area contributed by atoms with Gasteiger partial charge in [0.05, 0.1) is 19.1 Å². The largest absolute Gasteiger partial charge is 0.495 e. The summed E-state index contributed by atoms with van der Waals surface area (Å²) >= 11 is 5.94. The average Bonchev–Trinajstić information content (AvgIpc) is 2.44. The van der Waals surface area contributed by atoms with Crippen LogP contribution >= 0.6 is 11.6 Å². The highest BCUT2D eigenvalue weighted by atomic mass is 35.5. The fourth-order valence-corrected chi connectivity index (χ4v) is 2.97. The van der Waals surface area contributed by atoms with Crippen molar-refractivity contribution in [2.75, 3.05) is 30.8 Å². The molecule has 0 heterocycles. The molecule has 8 heteroatoms. The van der Waals surface area contributed by atoms with E-state index in [9.17, 15) is 13.2 Å². The van der Waals surface area contributed by atoms with Crippen LogP contribution in [0.15, 0.2) is 18.2 Å². The molecule has 22 heavy (non-hydrogen) atoms. The number of halogens is 1. The SMILES string of the molecule is CCCNC(=O)CCN(c1cc(Cl)ccc1OC)S(C)(=O)=O. The van der Waals surface area contributed by atoms with Crippen LogP contribution in [-0.4, -0.2) is 40.8 Å². The summed E-state index contributed by atoms with van der Waals surface area (Å²) in [7, 11) is -2.12. The maximum atomic E-state index is 12.0. The molecule has 0 bridgehead atoms. The van der Waals surface area contributed by atoms with Crippen LogP contribution in [0.2, 0.25) is 5.02 Å². The standard InChI is InChI=1S/C14H21ClN2O4S/c1-4-8-16-14(18)7-9-17(22(3,19)20)12-10-11(15)5-6-13(12)21-2/h5-6,10H,4,7-9H2,1-3H3,(H,16,18). The molecule has 0 saturated heterocycles. The Hall–Kier alpha value is -1.47. The van der Waals surface area contributed by atoms with Gasteiger partial charge in [-0.25, -0.2) is 8.42 Å². The summed E-state index contributed by atoms with van der Waals surface area (Å²) in [5, 5.41) is 3.10. The molecule has 0 spiro atoms. The first-order valence-corrected chi connectivity index (χ1v) is 9.10. The van der Waals surface area contributed by atoms with Crippen LogP contribution in [0, 0.1) is 0 Å². The number of benzene rings is 1. The van der Waals surface area contributed by atoms with E-state index in [1.54, 1.807) is 12.1 Å². The average molecular weight is 349 g/mol. The maximum absolute atomic E-state index is 12.0. The van der Waals surface area contributed by atoms with Crippen LogP contribution in [-0.2, 0) is 14.8 Å². The number of hydrogen-bond acceptors (Lipinski definition) is 4. The maximum Gasteiger partial charge on any atom is 0.232 e. The Morgan fingerprint density at radius 2 is 2.09 bits per heavy atom. The van der Waals surface area contributed by atoms with Crippen LogP contribution in [0.3, 0.4) is 0 Å². The van der Waals surface area contributed by atoms with Gasteiger partial charge >= 0.3 is 0 Å². The van der Waals surface area contributed by atoms with Crippen molar-refractivity contribution in [1.82, 2.24) is 5.32 Å². The van der Waals surface area contributed by atoms with Gasteiger partial charge in [0, 0.05) is 24.5 Å². The molecule has 0 fully saturated rings. The molecule has 0 saturated carbocycles. The Morgan fingerprint density at radius 3 is 2.64 bits per heavy atom. The summed E-state index contributed by atoms with van der Waals surface area (Å²) in [6.07, 6.45) is 1.96. The van der Waals surface area contributed by atoms with Gasteiger partial charge in [-0.15, -0.1) is 0 Å². The van der Waals surface area contributed by atoms with Gasteiger partial charge in [0.1, 0.15) is 5.75 Å². The lowest BCUT2D eigenvalue weighted by atomic mass is 10.2. The number of ether oxygens (including phenoxy) is 1. The van der Waals surface area contributed by atoms with Crippen LogP contribution in [0.5, 0.6) is 5.75 Å². The fraction of sp³-hybridized carbons (Fsp3) is 0.500. The lowest BCUT2D eigenvalue weighted by Crippen LogP contribution is -2.35. The third-order valence-electron chi connectivity index (χ3n) is 2.92. The molecule has 1 aromatic rings. The van der Waals surface area contributed by atoms with Crippen LogP contribution in [0.1, 0.15) is 19.8 Å². The number of nitrogens with zero attached hydrogens (tertiary/aromatic N) is 1. The van der Waals surface area contributed by atoms with Crippen molar-refractivity contribution < 1.29 is 17.9 Å². The van der Waals surface area contributed by atoms with Gasteiger partial charge in [-0.3, -0.25) is 9.10 Å². The van der Waals surface area contributed by atoms with Gasteiger partial charge in [0.25, 0.3) is 0 Å². The lowest BCUT2D eigenvalue weighted by Gasteiger charge is -2.24. The molecule has 124 valence electrons. The van der Waals surface area contributed by atoms with E-state index in [0.29, 0.717) is 23.0 Å². The Balaban J connectivity index is 3.00. The molecule has 0 radical (unpaired) electrons. The first-order valence-electron chi connectivity index (χ1n) is 6.87. The Kier molecular flexibility index (Phi) is 6.96. The van der Waals surface area contributed by atoms with E-state index < -0.39 is 10.0 Å². The minimum Gasteiger partial charge on any atom is -0.495 e. The topological polar surface area (TPSA) is 75.7 Å². The minimum absolute atomic E-state index is 0.0189. The van der Waals surface area contributed by atoms with Gasteiger partial charge in [-0.05, 0) is 24.6 Å². The van der Waals surface area contributed by atoms with Gasteiger partial charge in [-0.1, -0.05) is 18.5 Å². The van der Waals surface area contributed by atoms with Crippen molar-refractivity contribution in [2.24, 2.45) is 0 Å². The molecule has 1 amide bonds. The first kappa shape index (κ1) is 18.6. The van der Waals surface area contributed by atoms with E-state index in [1.165, 1.54) is 13.2 Å². The predicted molar refractivity (Wildman–Crippen MR) is 88.1 cm³/mol. The zero-order valence-electron chi connectivity index (χ0n) is 12.9. The summed E-state index contributed by atoms with van der Waals surface area (Å²) in [6, 6.07) is 4.71. The summed E-state index contributed by atoms with van der Waals surface area (Å²) in [4.78, 5) is 11.7. The van der Waals surface area contributed by atoms with E-state index in [1.807, 2.05) is 6.92 Å². The zero-order chi connectivity index (χ0) is 16.8. The third kappa shape index (κ3) is 5.38.